The summed E-state index contributed by atoms with van der Waals surface area (Å²) in [5.41, 5.74) is 0. The Labute approximate surface area is 292 Å². The maximum Gasteiger partial charge on any atom is 1.00 e. The molecule has 0 radical (unpaired) electrons. The first-order valence-corrected chi connectivity index (χ1v) is 0. The van der Waals surface area contributed by atoms with Crippen molar-refractivity contribution in [2.24, 2.45) is 0 Å². The molecule has 0 aromatic heterocycles. The van der Waals surface area contributed by atoms with Gasteiger partial charge in [-0.2, -0.15) is 0 Å². The van der Waals surface area contributed by atoms with E-state index in [4.69, 9.17) is 0 Å². The molecule has 0 spiro atoms. The first-order chi connectivity index (χ1) is 0. The minimum Gasteiger partial charge on any atom is -2.00 e. The quantitative estimate of drug-likeness (QED) is 0.231. The van der Waals surface area contributed by atoms with Gasteiger partial charge in [-0.05, 0) is 0 Å². The molecule has 0 aromatic rings. The summed E-state index contributed by atoms with van der Waals surface area (Å²) in [6, 6.07) is 0. The van der Waals surface area contributed by atoms with Crippen molar-refractivity contribution in [3.63, 3.8) is 0 Å². The van der Waals surface area contributed by atoms with Crippen molar-refractivity contribution in [2.45, 2.75) is 0 Å². The topological polar surface area (TPSA) is 0 Å². The number of rotatable bonds is 0. The molecule has 0 aromatic carbocycles. The zero-order valence-corrected chi connectivity index (χ0v) is 32.5. The fourth-order valence-corrected chi connectivity index (χ4v) is 0. The standard InChI is InChI=1S/4Cs.S.Se/q4*+1;2*-2. The molecule has 0 saturated carbocycles. The van der Waals surface area contributed by atoms with Crippen LogP contribution in [-0.2, 0) is 13.5 Å². The molecule has 0 nitrogen and oxygen atoms in total. The summed E-state index contributed by atoms with van der Waals surface area (Å²) >= 11 is 0. The van der Waals surface area contributed by atoms with E-state index < -0.39 is 0 Å². The predicted molar refractivity (Wildman–Crippen MR) is 13.1 cm³/mol. The minimum absolute atomic E-state index is 0. The maximum atomic E-state index is 0. The van der Waals surface area contributed by atoms with Gasteiger partial charge in [0.1, 0.15) is 0 Å². The van der Waals surface area contributed by atoms with Gasteiger partial charge in [-0.1, -0.05) is 0 Å². The molecule has 0 heterocycles. The Kier molecular flexibility index (Phi) is 177. The van der Waals surface area contributed by atoms with Crippen LogP contribution in [0.3, 0.4) is 0 Å². The average molecular weight is 643 g/mol. The first-order valence-electron chi connectivity index (χ1n) is 0. The second-order valence-electron chi connectivity index (χ2n) is 0. The van der Waals surface area contributed by atoms with Gasteiger partial charge in [0, 0.05) is 0 Å². The first kappa shape index (κ1) is 36.3. The normalized spacial score (nSPS) is 0. The zero-order valence-electron chi connectivity index (χ0n) is 4.82. The predicted octanol–water partition coefficient (Wildman–Crippen LogP) is -12.4. The smallest absolute Gasteiger partial charge is 1.00 e. The molecule has 0 fully saturated rings. The van der Waals surface area contributed by atoms with E-state index in [0.29, 0.717) is 0 Å². The van der Waals surface area contributed by atoms with Gasteiger partial charge in [0.2, 0.25) is 0 Å². The van der Waals surface area contributed by atoms with Gasteiger partial charge in [0.25, 0.3) is 0 Å². The summed E-state index contributed by atoms with van der Waals surface area (Å²) in [5, 5.41) is 0. The summed E-state index contributed by atoms with van der Waals surface area (Å²) < 4.78 is 0. The van der Waals surface area contributed by atoms with Crippen molar-refractivity contribution >= 4 is 30.6 Å². The van der Waals surface area contributed by atoms with E-state index in [-0.39, 0.29) is 306 Å². The average Bonchev–Trinajstić information content (AvgIpc) is 0. The van der Waals surface area contributed by atoms with Crippen molar-refractivity contribution in [3.8, 4) is 0 Å². The molecule has 0 atom stereocenters. The van der Waals surface area contributed by atoms with Gasteiger partial charge in [-0.25, -0.2) is 0 Å². The Morgan fingerprint density at radius 1 is 0.500 bits per heavy atom. The SMILES string of the molecule is [Cs+].[Cs+].[Cs+].[Cs+].[S-2].[Se-2]. The van der Waals surface area contributed by atoms with Gasteiger partial charge in [0.15, 0.2) is 0 Å². The largest absolute Gasteiger partial charge is 2.00 e. The third-order valence-corrected chi connectivity index (χ3v) is 0. The van der Waals surface area contributed by atoms with Crippen molar-refractivity contribution in [3.05, 3.63) is 0 Å². The van der Waals surface area contributed by atoms with Gasteiger partial charge in [-0.3, -0.25) is 0 Å². The van der Waals surface area contributed by atoms with Crippen LogP contribution in [0.4, 0.5) is 0 Å². The van der Waals surface area contributed by atoms with Crippen molar-refractivity contribution < 1.29 is 276 Å². The fourth-order valence-electron chi connectivity index (χ4n) is 0. The fraction of sp³-hybridized carbons (Fsp3) is 0. The van der Waals surface area contributed by atoms with E-state index in [2.05, 4.69) is 0 Å². The summed E-state index contributed by atoms with van der Waals surface area (Å²) in [7, 11) is 0. The van der Waals surface area contributed by atoms with Crippen LogP contribution in [0.1, 0.15) is 0 Å². The number of hydrogen-bond donors (Lipinski definition) is 0. The summed E-state index contributed by atoms with van der Waals surface area (Å²) in [6.07, 6.45) is 0. The minimum atomic E-state index is 0. The van der Waals surface area contributed by atoms with E-state index in [1.54, 1.807) is 0 Å². The van der Waals surface area contributed by atoms with Gasteiger partial charge < -0.3 is 30.6 Å². The molecule has 0 N–H and O–H groups in total. The second-order valence-corrected chi connectivity index (χ2v) is 0. The Balaban J connectivity index is 0. The van der Waals surface area contributed by atoms with Crippen LogP contribution in [0.2, 0.25) is 0 Å². The number of hydrogen-bond acceptors (Lipinski definition) is 0. The van der Waals surface area contributed by atoms with Crippen LogP contribution >= 0.6 is 0 Å². The van der Waals surface area contributed by atoms with Crippen LogP contribution in [-0.4, -0.2) is 17.1 Å². The third-order valence-electron chi connectivity index (χ3n) is 0. The van der Waals surface area contributed by atoms with Gasteiger partial charge in [-0.15, -0.1) is 0 Å². The van der Waals surface area contributed by atoms with Crippen LogP contribution in [0.5, 0.6) is 0 Å². The molecule has 0 amide bonds. The van der Waals surface area contributed by atoms with Crippen LogP contribution < -0.4 is 276 Å². The van der Waals surface area contributed by atoms with Gasteiger partial charge >= 0.3 is 276 Å². The van der Waals surface area contributed by atoms with Crippen molar-refractivity contribution in [1.29, 1.82) is 0 Å². The Morgan fingerprint density at radius 3 is 0.500 bits per heavy atom. The van der Waals surface area contributed by atoms with E-state index >= 15 is 0 Å². The van der Waals surface area contributed by atoms with Crippen LogP contribution in [0, 0.1) is 0 Å². The summed E-state index contributed by atoms with van der Waals surface area (Å²) in [6.45, 7) is 0. The molecule has 0 aliphatic rings. The van der Waals surface area contributed by atoms with Crippen molar-refractivity contribution in [2.75, 3.05) is 0 Å². The van der Waals surface area contributed by atoms with Crippen LogP contribution in [0.15, 0.2) is 0 Å². The zero-order chi connectivity index (χ0) is 0. The van der Waals surface area contributed by atoms with Crippen molar-refractivity contribution in [1.82, 2.24) is 0 Å². The molecule has 0 saturated heterocycles. The van der Waals surface area contributed by atoms with E-state index in [9.17, 15) is 0 Å². The molecule has 0 unspecified atom stereocenters. The Hall–Kier alpha value is 9.08. The third kappa shape index (κ3) is 23.1. The van der Waals surface area contributed by atoms with E-state index in [1.807, 2.05) is 0 Å². The van der Waals surface area contributed by atoms with E-state index in [0.717, 1.165) is 0 Å². The molecule has 0 rings (SSSR count). The molecule has 0 aliphatic carbocycles. The summed E-state index contributed by atoms with van der Waals surface area (Å²) in [4.78, 5) is 0. The molecule has 16 valence electrons. The maximum absolute atomic E-state index is 0. The Bertz CT molecular complexity index is 7.51. The second kappa shape index (κ2) is 29.2. The monoisotopic (exact) mass is 644 g/mol. The molecule has 0 aliphatic heterocycles. The van der Waals surface area contributed by atoms with Crippen LogP contribution in [0.25, 0.3) is 0 Å². The molecule has 0 bridgehead atoms. The molecular formula is Cs4SSe. The Morgan fingerprint density at radius 2 is 0.500 bits per heavy atom. The molecule has 6 heteroatoms. The van der Waals surface area contributed by atoms with Gasteiger partial charge in [0.05, 0.1) is 0 Å². The molecular weight excluding hydrogens is 643 g/mol. The molecule has 6 heavy (non-hydrogen) atoms. The van der Waals surface area contributed by atoms with E-state index in [1.165, 1.54) is 0 Å². The summed E-state index contributed by atoms with van der Waals surface area (Å²) in [5.74, 6) is 0.